The van der Waals surface area contributed by atoms with E-state index in [-0.39, 0.29) is 6.10 Å². The van der Waals surface area contributed by atoms with Gasteiger partial charge in [0.15, 0.2) is 0 Å². The van der Waals surface area contributed by atoms with Crippen LogP contribution in [0.2, 0.25) is 0 Å². The van der Waals surface area contributed by atoms with Gasteiger partial charge < -0.3 is 10.5 Å². The van der Waals surface area contributed by atoms with E-state index in [1.165, 1.54) is 0 Å². The number of aliphatic imine (C=N–C) groups is 1. The number of nitrogens with two attached hydrogens (primary N) is 1. The topological polar surface area (TPSA) is 47.6 Å². The van der Waals surface area contributed by atoms with Crippen LogP contribution in [0.5, 0.6) is 0 Å². The van der Waals surface area contributed by atoms with Crippen LogP contribution in [-0.2, 0) is 4.74 Å². The molecule has 3 nitrogen and oxygen atoms in total. The first-order valence-corrected chi connectivity index (χ1v) is 3.76. The van der Waals surface area contributed by atoms with Crippen molar-refractivity contribution in [1.82, 2.24) is 0 Å². The normalized spacial score (nSPS) is 27.3. The second-order valence-electron chi connectivity index (χ2n) is 2.40. The molecule has 0 saturated carbocycles. The molecule has 1 atom stereocenters. The van der Waals surface area contributed by atoms with Crippen molar-refractivity contribution in [1.29, 1.82) is 0 Å². The minimum absolute atomic E-state index is 0.111. The first kappa shape index (κ1) is 7.54. The van der Waals surface area contributed by atoms with E-state index in [4.69, 9.17) is 10.5 Å². The SMILES string of the molecule is CCN=C(N)C1CCCO1. The molecule has 1 aliphatic rings. The van der Waals surface area contributed by atoms with Crippen LogP contribution in [0.4, 0.5) is 0 Å². The molecule has 1 unspecified atom stereocenters. The molecule has 1 heterocycles. The fraction of sp³-hybridized carbons (Fsp3) is 0.857. The van der Waals surface area contributed by atoms with Crippen LogP contribution in [0.3, 0.4) is 0 Å². The summed E-state index contributed by atoms with van der Waals surface area (Å²) in [5.74, 6) is 0.667. The predicted molar refractivity (Wildman–Crippen MR) is 41.1 cm³/mol. The van der Waals surface area contributed by atoms with Crippen molar-refractivity contribution in [3.8, 4) is 0 Å². The largest absolute Gasteiger partial charge is 0.385 e. The van der Waals surface area contributed by atoms with E-state index in [1.54, 1.807) is 0 Å². The van der Waals surface area contributed by atoms with Crippen molar-refractivity contribution in [3.05, 3.63) is 0 Å². The number of hydrogen-bond acceptors (Lipinski definition) is 2. The van der Waals surface area contributed by atoms with Crippen molar-refractivity contribution in [2.45, 2.75) is 25.9 Å². The third kappa shape index (κ3) is 1.70. The monoisotopic (exact) mass is 142 g/mol. The Hall–Kier alpha value is -0.570. The number of nitrogens with zero attached hydrogens (tertiary/aromatic N) is 1. The van der Waals surface area contributed by atoms with Crippen LogP contribution in [-0.4, -0.2) is 25.1 Å². The van der Waals surface area contributed by atoms with Crippen LogP contribution >= 0.6 is 0 Å². The lowest BCUT2D eigenvalue weighted by Crippen LogP contribution is -2.28. The molecule has 0 aliphatic carbocycles. The van der Waals surface area contributed by atoms with Gasteiger partial charge in [-0.25, -0.2) is 0 Å². The van der Waals surface area contributed by atoms with Gasteiger partial charge in [0.1, 0.15) is 11.9 Å². The molecule has 1 rings (SSSR count). The molecule has 0 aromatic heterocycles. The van der Waals surface area contributed by atoms with Crippen LogP contribution in [0, 0.1) is 0 Å². The van der Waals surface area contributed by atoms with Gasteiger partial charge in [0.2, 0.25) is 0 Å². The summed E-state index contributed by atoms with van der Waals surface area (Å²) < 4.78 is 5.31. The highest BCUT2D eigenvalue weighted by molar-refractivity contribution is 5.85. The Morgan fingerprint density at radius 3 is 3.10 bits per heavy atom. The summed E-state index contributed by atoms with van der Waals surface area (Å²) in [6, 6.07) is 0. The van der Waals surface area contributed by atoms with Crippen molar-refractivity contribution < 1.29 is 4.74 Å². The molecule has 10 heavy (non-hydrogen) atoms. The number of rotatable bonds is 2. The van der Waals surface area contributed by atoms with Gasteiger partial charge in [0, 0.05) is 13.2 Å². The van der Waals surface area contributed by atoms with Gasteiger partial charge in [-0.3, -0.25) is 4.99 Å². The van der Waals surface area contributed by atoms with Gasteiger partial charge in [-0.2, -0.15) is 0 Å². The number of amidine groups is 1. The Balaban J connectivity index is 2.39. The second-order valence-corrected chi connectivity index (χ2v) is 2.40. The lowest BCUT2D eigenvalue weighted by molar-refractivity contribution is 0.157. The molecule has 0 bridgehead atoms. The molecule has 0 radical (unpaired) electrons. The highest BCUT2D eigenvalue weighted by atomic mass is 16.5. The van der Waals surface area contributed by atoms with E-state index in [9.17, 15) is 0 Å². The van der Waals surface area contributed by atoms with Crippen molar-refractivity contribution >= 4 is 5.84 Å². The third-order valence-electron chi connectivity index (χ3n) is 1.60. The van der Waals surface area contributed by atoms with E-state index in [0.29, 0.717) is 5.84 Å². The first-order chi connectivity index (χ1) is 4.84. The summed E-state index contributed by atoms with van der Waals surface area (Å²) in [4.78, 5) is 4.08. The maximum absolute atomic E-state index is 5.61. The molecule has 1 saturated heterocycles. The number of hydrogen-bond donors (Lipinski definition) is 1. The molecular weight excluding hydrogens is 128 g/mol. The Bertz CT molecular complexity index is 128. The highest BCUT2D eigenvalue weighted by Crippen LogP contribution is 2.11. The average molecular weight is 142 g/mol. The summed E-state index contributed by atoms with van der Waals surface area (Å²) in [7, 11) is 0. The van der Waals surface area contributed by atoms with Gasteiger partial charge in [-0.05, 0) is 19.8 Å². The zero-order chi connectivity index (χ0) is 7.40. The van der Waals surface area contributed by atoms with Crippen LogP contribution in [0.1, 0.15) is 19.8 Å². The maximum atomic E-state index is 5.61. The van der Waals surface area contributed by atoms with Crippen molar-refractivity contribution in [3.63, 3.8) is 0 Å². The Labute approximate surface area is 61.3 Å². The summed E-state index contributed by atoms with van der Waals surface area (Å²) in [6.45, 7) is 3.57. The molecule has 0 aromatic rings. The summed E-state index contributed by atoms with van der Waals surface area (Å²) in [5.41, 5.74) is 5.61. The molecule has 1 fully saturated rings. The Kier molecular flexibility index (Phi) is 2.68. The van der Waals surface area contributed by atoms with Crippen LogP contribution in [0.15, 0.2) is 4.99 Å². The Morgan fingerprint density at radius 2 is 2.60 bits per heavy atom. The first-order valence-electron chi connectivity index (χ1n) is 3.76. The molecule has 0 aromatic carbocycles. The van der Waals surface area contributed by atoms with Gasteiger partial charge in [-0.1, -0.05) is 0 Å². The van der Waals surface area contributed by atoms with Crippen LogP contribution < -0.4 is 5.73 Å². The minimum atomic E-state index is 0.111. The molecule has 0 spiro atoms. The molecule has 3 heteroatoms. The van der Waals surface area contributed by atoms with E-state index >= 15 is 0 Å². The molecule has 58 valence electrons. The average Bonchev–Trinajstić information content (AvgIpc) is 2.38. The maximum Gasteiger partial charge on any atom is 0.123 e. The lowest BCUT2D eigenvalue weighted by Gasteiger charge is -2.06. The summed E-state index contributed by atoms with van der Waals surface area (Å²) in [5, 5.41) is 0. The van der Waals surface area contributed by atoms with Gasteiger partial charge >= 0.3 is 0 Å². The smallest absolute Gasteiger partial charge is 0.123 e. The number of ether oxygens (including phenoxy) is 1. The van der Waals surface area contributed by atoms with E-state index in [1.807, 2.05) is 6.92 Å². The van der Waals surface area contributed by atoms with Crippen LogP contribution in [0.25, 0.3) is 0 Å². The van der Waals surface area contributed by atoms with Crippen molar-refractivity contribution in [2.24, 2.45) is 10.7 Å². The van der Waals surface area contributed by atoms with E-state index in [2.05, 4.69) is 4.99 Å². The van der Waals surface area contributed by atoms with Gasteiger partial charge in [0.25, 0.3) is 0 Å². The second kappa shape index (κ2) is 3.56. The Morgan fingerprint density at radius 1 is 1.80 bits per heavy atom. The quantitative estimate of drug-likeness (QED) is 0.452. The van der Waals surface area contributed by atoms with E-state index in [0.717, 1.165) is 26.0 Å². The third-order valence-corrected chi connectivity index (χ3v) is 1.60. The zero-order valence-electron chi connectivity index (χ0n) is 6.34. The zero-order valence-corrected chi connectivity index (χ0v) is 6.34. The molecule has 0 amide bonds. The fourth-order valence-electron chi connectivity index (χ4n) is 1.10. The molecule has 2 N–H and O–H groups in total. The molecular formula is C7H14N2O. The fourth-order valence-corrected chi connectivity index (χ4v) is 1.10. The lowest BCUT2D eigenvalue weighted by atomic mass is 10.2. The van der Waals surface area contributed by atoms with Gasteiger partial charge in [-0.15, -0.1) is 0 Å². The summed E-state index contributed by atoms with van der Waals surface area (Å²) in [6.07, 6.45) is 2.26. The minimum Gasteiger partial charge on any atom is -0.385 e. The van der Waals surface area contributed by atoms with Crippen molar-refractivity contribution in [2.75, 3.05) is 13.2 Å². The van der Waals surface area contributed by atoms with Gasteiger partial charge in [0.05, 0.1) is 0 Å². The van der Waals surface area contributed by atoms with E-state index < -0.39 is 0 Å². The standard InChI is InChI=1S/C7H14N2O/c1-2-9-7(8)6-4-3-5-10-6/h6H,2-5H2,1H3,(H2,8,9). The highest BCUT2D eigenvalue weighted by Gasteiger charge is 2.18. The molecule has 1 aliphatic heterocycles. The summed E-state index contributed by atoms with van der Waals surface area (Å²) >= 11 is 0. The predicted octanol–water partition coefficient (Wildman–Crippen LogP) is 0.542.